The van der Waals surface area contributed by atoms with E-state index in [2.05, 4.69) is 10.2 Å². The molecule has 2 rings (SSSR count). The van der Waals surface area contributed by atoms with Crippen molar-refractivity contribution in [3.63, 3.8) is 0 Å². The molecule has 0 spiro atoms. The van der Waals surface area contributed by atoms with E-state index in [9.17, 15) is 0 Å². The van der Waals surface area contributed by atoms with E-state index in [0.29, 0.717) is 6.54 Å². The van der Waals surface area contributed by atoms with Gasteiger partial charge in [0, 0.05) is 6.61 Å². The second-order valence-corrected chi connectivity index (χ2v) is 3.70. The summed E-state index contributed by atoms with van der Waals surface area (Å²) in [5, 5.41) is 7.09. The molecule has 1 unspecified atom stereocenters. The van der Waals surface area contributed by atoms with Crippen LogP contribution in [0.5, 0.6) is 0 Å². The molecule has 14 heavy (non-hydrogen) atoms. The standard InChI is InChI=1S/C10H17N3O/c11-5-4-8-7-12-13-10(8)9-3-1-2-6-14-9/h7,9H,1-6,11H2,(H,12,13). The average Bonchev–Trinajstić information content (AvgIpc) is 2.68. The van der Waals surface area contributed by atoms with Gasteiger partial charge in [0.15, 0.2) is 0 Å². The topological polar surface area (TPSA) is 63.9 Å². The zero-order chi connectivity index (χ0) is 9.80. The maximum absolute atomic E-state index is 5.70. The molecule has 0 bridgehead atoms. The minimum absolute atomic E-state index is 0.216. The van der Waals surface area contributed by atoms with Gasteiger partial charge in [0.05, 0.1) is 18.0 Å². The number of aromatic amines is 1. The molecule has 0 amide bonds. The third-order valence-electron chi connectivity index (χ3n) is 2.67. The summed E-state index contributed by atoms with van der Waals surface area (Å²) in [6.07, 6.45) is 6.47. The minimum atomic E-state index is 0.216. The van der Waals surface area contributed by atoms with Crippen LogP contribution in [-0.4, -0.2) is 23.3 Å². The predicted molar refractivity (Wildman–Crippen MR) is 53.9 cm³/mol. The van der Waals surface area contributed by atoms with E-state index >= 15 is 0 Å². The fourth-order valence-corrected chi connectivity index (χ4v) is 1.92. The first-order valence-corrected chi connectivity index (χ1v) is 5.25. The van der Waals surface area contributed by atoms with Gasteiger partial charge < -0.3 is 10.5 Å². The van der Waals surface area contributed by atoms with Crippen molar-refractivity contribution in [2.75, 3.05) is 13.2 Å². The van der Waals surface area contributed by atoms with Crippen LogP contribution < -0.4 is 5.73 Å². The molecule has 78 valence electrons. The highest BCUT2D eigenvalue weighted by molar-refractivity contribution is 5.19. The van der Waals surface area contributed by atoms with E-state index in [0.717, 1.165) is 25.1 Å². The molecule has 1 aromatic heterocycles. The first-order chi connectivity index (χ1) is 6.92. The molecule has 2 heterocycles. The molecule has 0 aromatic carbocycles. The summed E-state index contributed by atoms with van der Waals surface area (Å²) in [6, 6.07) is 0. The molecule has 0 saturated carbocycles. The first-order valence-electron chi connectivity index (χ1n) is 5.25. The lowest BCUT2D eigenvalue weighted by molar-refractivity contribution is 0.0118. The van der Waals surface area contributed by atoms with Crippen LogP contribution in [0.25, 0.3) is 0 Å². The molecule has 3 N–H and O–H groups in total. The quantitative estimate of drug-likeness (QED) is 0.760. The van der Waals surface area contributed by atoms with Crippen LogP contribution in [0.15, 0.2) is 6.20 Å². The van der Waals surface area contributed by atoms with Crippen molar-refractivity contribution in [2.45, 2.75) is 31.8 Å². The van der Waals surface area contributed by atoms with Crippen molar-refractivity contribution in [3.8, 4) is 0 Å². The molecule has 1 saturated heterocycles. The Kier molecular flexibility index (Phi) is 3.16. The second kappa shape index (κ2) is 4.57. The molecule has 1 atom stereocenters. The number of ether oxygens (including phenoxy) is 1. The lowest BCUT2D eigenvalue weighted by Crippen LogP contribution is -2.14. The number of nitrogens with one attached hydrogen (secondary N) is 1. The largest absolute Gasteiger partial charge is 0.372 e. The van der Waals surface area contributed by atoms with Crippen LogP contribution >= 0.6 is 0 Å². The van der Waals surface area contributed by atoms with Crippen LogP contribution in [-0.2, 0) is 11.2 Å². The third kappa shape index (κ3) is 1.96. The highest BCUT2D eigenvalue weighted by atomic mass is 16.5. The van der Waals surface area contributed by atoms with Crippen LogP contribution in [0, 0.1) is 0 Å². The van der Waals surface area contributed by atoms with Gasteiger partial charge >= 0.3 is 0 Å². The number of nitrogens with two attached hydrogens (primary N) is 1. The van der Waals surface area contributed by atoms with Gasteiger partial charge in [-0.05, 0) is 37.8 Å². The highest BCUT2D eigenvalue weighted by Gasteiger charge is 2.20. The lowest BCUT2D eigenvalue weighted by Gasteiger charge is -2.22. The number of rotatable bonds is 3. The lowest BCUT2D eigenvalue weighted by atomic mass is 10.0. The van der Waals surface area contributed by atoms with Crippen LogP contribution in [0.3, 0.4) is 0 Å². The van der Waals surface area contributed by atoms with Gasteiger partial charge in [-0.25, -0.2) is 0 Å². The minimum Gasteiger partial charge on any atom is -0.372 e. The smallest absolute Gasteiger partial charge is 0.0991 e. The molecular formula is C10H17N3O. The van der Waals surface area contributed by atoms with Gasteiger partial charge in [-0.1, -0.05) is 0 Å². The van der Waals surface area contributed by atoms with Gasteiger partial charge in [0.2, 0.25) is 0 Å². The van der Waals surface area contributed by atoms with Gasteiger partial charge in [-0.2, -0.15) is 5.10 Å². The Morgan fingerprint density at radius 1 is 1.57 bits per heavy atom. The molecule has 4 nitrogen and oxygen atoms in total. The Balaban J connectivity index is 2.09. The third-order valence-corrected chi connectivity index (χ3v) is 2.67. The van der Waals surface area contributed by atoms with Crippen molar-refractivity contribution < 1.29 is 4.74 Å². The normalized spacial score (nSPS) is 22.5. The Bertz CT molecular complexity index is 279. The summed E-state index contributed by atoms with van der Waals surface area (Å²) in [7, 11) is 0. The zero-order valence-corrected chi connectivity index (χ0v) is 8.33. The number of H-pyrrole nitrogens is 1. The summed E-state index contributed by atoms with van der Waals surface area (Å²) < 4.78 is 5.70. The Morgan fingerprint density at radius 3 is 3.21 bits per heavy atom. The number of aromatic nitrogens is 2. The highest BCUT2D eigenvalue weighted by Crippen LogP contribution is 2.28. The number of hydrogen-bond acceptors (Lipinski definition) is 3. The van der Waals surface area contributed by atoms with Crippen molar-refractivity contribution >= 4 is 0 Å². The van der Waals surface area contributed by atoms with Gasteiger partial charge in [-0.15, -0.1) is 0 Å². The Morgan fingerprint density at radius 2 is 2.50 bits per heavy atom. The fraction of sp³-hybridized carbons (Fsp3) is 0.700. The zero-order valence-electron chi connectivity index (χ0n) is 8.33. The van der Waals surface area contributed by atoms with Crippen molar-refractivity contribution in [2.24, 2.45) is 5.73 Å². The Labute approximate surface area is 83.8 Å². The van der Waals surface area contributed by atoms with E-state index in [-0.39, 0.29) is 6.10 Å². The molecular weight excluding hydrogens is 178 g/mol. The molecule has 1 aliphatic rings. The van der Waals surface area contributed by atoms with Crippen molar-refractivity contribution in [1.29, 1.82) is 0 Å². The van der Waals surface area contributed by atoms with E-state index in [1.54, 1.807) is 0 Å². The molecule has 4 heteroatoms. The van der Waals surface area contributed by atoms with Gasteiger partial charge in [0.25, 0.3) is 0 Å². The maximum atomic E-state index is 5.70. The van der Waals surface area contributed by atoms with E-state index in [1.165, 1.54) is 18.4 Å². The fourth-order valence-electron chi connectivity index (χ4n) is 1.92. The van der Waals surface area contributed by atoms with E-state index in [4.69, 9.17) is 10.5 Å². The average molecular weight is 195 g/mol. The summed E-state index contributed by atoms with van der Waals surface area (Å²) in [5.74, 6) is 0. The van der Waals surface area contributed by atoms with Crippen LogP contribution in [0.1, 0.15) is 36.6 Å². The Hall–Kier alpha value is -0.870. The van der Waals surface area contributed by atoms with E-state index < -0.39 is 0 Å². The van der Waals surface area contributed by atoms with Crippen LogP contribution in [0.4, 0.5) is 0 Å². The SMILES string of the molecule is NCCc1cn[nH]c1C1CCCCO1. The summed E-state index contributed by atoms with van der Waals surface area (Å²) >= 11 is 0. The summed E-state index contributed by atoms with van der Waals surface area (Å²) in [5.41, 5.74) is 7.88. The number of hydrogen-bond donors (Lipinski definition) is 2. The molecule has 0 radical (unpaired) electrons. The van der Waals surface area contributed by atoms with Gasteiger partial charge in [0.1, 0.15) is 0 Å². The molecule has 1 fully saturated rings. The summed E-state index contributed by atoms with van der Waals surface area (Å²) in [6.45, 7) is 1.53. The van der Waals surface area contributed by atoms with Crippen molar-refractivity contribution in [1.82, 2.24) is 10.2 Å². The van der Waals surface area contributed by atoms with Crippen LogP contribution in [0.2, 0.25) is 0 Å². The molecule has 1 aromatic rings. The predicted octanol–water partition coefficient (Wildman–Crippen LogP) is 1.15. The maximum Gasteiger partial charge on any atom is 0.0991 e. The van der Waals surface area contributed by atoms with Crippen molar-refractivity contribution in [3.05, 3.63) is 17.5 Å². The molecule has 0 aliphatic carbocycles. The number of nitrogens with zero attached hydrogens (tertiary/aromatic N) is 1. The monoisotopic (exact) mass is 195 g/mol. The van der Waals surface area contributed by atoms with E-state index in [1.807, 2.05) is 6.20 Å². The summed E-state index contributed by atoms with van der Waals surface area (Å²) in [4.78, 5) is 0. The second-order valence-electron chi connectivity index (χ2n) is 3.70. The van der Waals surface area contributed by atoms with Gasteiger partial charge in [-0.3, -0.25) is 5.10 Å². The molecule has 1 aliphatic heterocycles. The first kappa shape index (κ1) is 9.68.